The maximum atomic E-state index is 12.8. The van der Waals surface area contributed by atoms with E-state index in [2.05, 4.69) is 15.9 Å². The highest BCUT2D eigenvalue weighted by atomic mass is 79.9. The molecule has 1 aromatic carbocycles. The SMILES string of the molecule is C[C@@H](O)[C@@H](N)c1ccc(F)c(Br)c1.Cl. The van der Waals surface area contributed by atoms with E-state index in [4.69, 9.17) is 5.73 Å². The Bertz CT molecular complexity index is 309. The van der Waals surface area contributed by atoms with Crippen LogP contribution in [0.3, 0.4) is 0 Å². The van der Waals surface area contributed by atoms with E-state index in [0.717, 1.165) is 0 Å². The molecule has 2 nitrogen and oxygen atoms in total. The van der Waals surface area contributed by atoms with Crippen LogP contribution in [0.1, 0.15) is 18.5 Å². The predicted molar refractivity (Wildman–Crippen MR) is 60.0 cm³/mol. The predicted octanol–water partition coefficient (Wildman–Crippen LogP) is 2.39. The van der Waals surface area contributed by atoms with Gasteiger partial charge in [-0.05, 0) is 40.5 Å². The largest absolute Gasteiger partial charge is 0.391 e. The monoisotopic (exact) mass is 283 g/mol. The molecule has 1 aromatic rings. The van der Waals surface area contributed by atoms with E-state index in [9.17, 15) is 9.50 Å². The van der Waals surface area contributed by atoms with Crippen LogP contribution in [0.25, 0.3) is 0 Å². The Kier molecular flexibility index (Phi) is 5.59. The molecule has 0 aliphatic heterocycles. The molecular formula is C9H12BrClFNO. The molecule has 0 aromatic heterocycles. The molecule has 1 rings (SSSR count). The fourth-order valence-corrected chi connectivity index (χ4v) is 1.39. The van der Waals surface area contributed by atoms with Gasteiger partial charge in [0.1, 0.15) is 5.82 Å². The quantitative estimate of drug-likeness (QED) is 0.876. The van der Waals surface area contributed by atoms with E-state index in [1.165, 1.54) is 6.07 Å². The first kappa shape index (κ1) is 13.8. The van der Waals surface area contributed by atoms with Gasteiger partial charge in [0.2, 0.25) is 0 Å². The molecule has 0 radical (unpaired) electrons. The lowest BCUT2D eigenvalue weighted by Gasteiger charge is -2.15. The highest BCUT2D eigenvalue weighted by Gasteiger charge is 2.12. The van der Waals surface area contributed by atoms with Crippen LogP contribution in [0.5, 0.6) is 0 Å². The van der Waals surface area contributed by atoms with E-state index in [1.807, 2.05) is 0 Å². The van der Waals surface area contributed by atoms with Crippen LogP contribution in [0.15, 0.2) is 22.7 Å². The first-order chi connectivity index (χ1) is 6.02. The summed E-state index contributed by atoms with van der Waals surface area (Å²) in [5.41, 5.74) is 6.37. The number of benzene rings is 1. The molecule has 0 saturated carbocycles. The Hall–Kier alpha value is -0.160. The number of hydrogen-bond donors (Lipinski definition) is 2. The van der Waals surface area contributed by atoms with Gasteiger partial charge >= 0.3 is 0 Å². The van der Waals surface area contributed by atoms with Crippen molar-refractivity contribution in [1.82, 2.24) is 0 Å². The van der Waals surface area contributed by atoms with Crippen molar-refractivity contribution in [3.8, 4) is 0 Å². The Morgan fingerprint density at radius 2 is 2.07 bits per heavy atom. The molecule has 0 bridgehead atoms. The van der Waals surface area contributed by atoms with Crippen molar-refractivity contribution in [3.05, 3.63) is 34.1 Å². The van der Waals surface area contributed by atoms with Crippen molar-refractivity contribution in [2.24, 2.45) is 5.73 Å². The Balaban J connectivity index is 0.00000169. The first-order valence-electron chi connectivity index (χ1n) is 3.91. The molecule has 0 fully saturated rings. The normalized spacial score (nSPS) is 14.4. The molecule has 0 aliphatic rings. The molecule has 0 heterocycles. The number of halogens is 3. The number of nitrogens with two attached hydrogens (primary N) is 1. The van der Waals surface area contributed by atoms with Crippen molar-refractivity contribution in [2.45, 2.75) is 19.1 Å². The molecule has 5 heteroatoms. The smallest absolute Gasteiger partial charge is 0.137 e. The minimum absolute atomic E-state index is 0. The number of aliphatic hydroxyl groups is 1. The minimum Gasteiger partial charge on any atom is -0.391 e. The minimum atomic E-state index is -0.641. The maximum Gasteiger partial charge on any atom is 0.137 e. The van der Waals surface area contributed by atoms with Gasteiger partial charge in [-0.1, -0.05) is 6.07 Å². The van der Waals surface area contributed by atoms with Crippen LogP contribution in [0.4, 0.5) is 4.39 Å². The summed E-state index contributed by atoms with van der Waals surface area (Å²) in [6, 6.07) is 3.99. The maximum absolute atomic E-state index is 12.8. The standard InChI is InChI=1S/C9H11BrFNO.ClH/c1-5(13)9(12)6-2-3-8(11)7(10)4-6;/h2-5,9,13H,12H2,1H3;1H/t5-,9-;/m1./s1. The third kappa shape index (κ3) is 3.20. The van der Waals surface area contributed by atoms with Crippen molar-refractivity contribution in [1.29, 1.82) is 0 Å². The average molecular weight is 285 g/mol. The van der Waals surface area contributed by atoms with E-state index in [1.54, 1.807) is 19.1 Å². The van der Waals surface area contributed by atoms with Crippen LogP contribution in [-0.2, 0) is 0 Å². The van der Waals surface area contributed by atoms with E-state index >= 15 is 0 Å². The zero-order chi connectivity index (χ0) is 10.0. The Labute approximate surface area is 96.8 Å². The molecular weight excluding hydrogens is 272 g/mol. The highest BCUT2D eigenvalue weighted by molar-refractivity contribution is 9.10. The third-order valence-electron chi connectivity index (χ3n) is 1.85. The van der Waals surface area contributed by atoms with Crippen LogP contribution in [0, 0.1) is 5.82 Å². The fraction of sp³-hybridized carbons (Fsp3) is 0.333. The molecule has 80 valence electrons. The lowest BCUT2D eigenvalue weighted by molar-refractivity contribution is 0.164. The lowest BCUT2D eigenvalue weighted by Crippen LogP contribution is -2.23. The van der Waals surface area contributed by atoms with Gasteiger partial charge in [0.15, 0.2) is 0 Å². The number of rotatable bonds is 2. The van der Waals surface area contributed by atoms with E-state index < -0.39 is 12.1 Å². The molecule has 2 atom stereocenters. The second-order valence-electron chi connectivity index (χ2n) is 2.94. The number of hydrogen-bond acceptors (Lipinski definition) is 2. The average Bonchev–Trinajstić information content (AvgIpc) is 2.08. The highest BCUT2D eigenvalue weighted by Crippen LogP contribution is 2.21. The lowest BCUT2D eigenvalue weighted by atomic mass is 10.0. The first-order valence-corrected chi connectivity index (χ1v) is 4.70. The summed E-state index contributed by atoms with van der Waals surface area (Å²) in [6.07, 6.45) is -0.641. The summed E-state index contributed by atoms with van der Waals surface area (Å²) in [5, 5.41) is 9.20. The molecule has 0 unspecified atom stereocenters. The van der Waals surface area contributed by atoms with Crippen LogP contribution in [-0.4, -0.2) is 11.2 Å². The van der Waals surface area contributed by atoms with Crippen molar-refractivity contribution in [2.75, 3.05) is 0 Å². The topological polar surface area (TPSA) is 46.2 Å². The van der Waals surface area contributed by atoms with Gasteiger partial charge in [0.05, 0.1) is 16.6 Å². The van der Waals surface area contributed by atoms with Crippen LogP contribution < -0.4 is 5.73 Å². The zero-order valence-electron chi connectivity index (χ0n) is 7.58. The molecule has 0 spiro atoms. The second kappa shape index (κ2) is 5.66. The molecule has 3 N–H and O–H groups in total. The Morgan fingerprint density at radius 3 is 2.50 bits per heavy atom. The summed E-state index contributed by atoms with van der Waals surface area (Å²) < 4.78 is 13.2. The van der Waals surface area contributed by atoms with Gasteiger partial charge in [-0.25, -0.2) is 4.39 Å². The van der Waals surface area contributed by atoms with Gasteiger partial charge in [0.25, 0.3) is 0 Å². The summed E-state index contributed by atoms with van der Waals surface area (Å²) in [7, 11) is 0. The summed E-state index contributed by atoms with van der Waals surface area (Å²) >= 11 is 3.05. The summed E-state index contributed by atoms with van der Waals surface area (Å²) in [6.45, 7) is 1.60. The van der Waals surface area contributed by atoms with Crippen LogP contribution in [0.2, 0.25) is 0 Å². The Morgan fingerprint density at radius 1 is 1.50 bits per heavy atom. The zero-order valence-corrected chi connectivity index (χ0v) is 9.98. The van der Waals surface area contributed by atoms with Gasteiger partial charge in [-0.2, -0.15) is 0 Å². The molecule has 14 heavy (non-hydrogen) atoms. The van der Waals surface area contributed by atoms with Gasteiger partial charge < -0.3 is 10.8 Å². The third-order valence-corrected chi connectivity index (χ3v) is 2.46. The number of aliphatic hydroxyl groups excluding tert-OH is 1. The summed E-state index contributed by atoms with van der Waals surface area (Å²) in [4.78, 5) is 0. The van der Waals surface area contributed by atoms with Crippen LogP contribution >= 0.6 is 28.3 Å². The molecule has 0 aliphatic carbocycles. The van der Waals surface area contributed by atoms with Crippen molar-refractivity contribution >= 4 is 28.3 Å². The second-order valence-corrected chi connectivity index (χ2v) is 3.79. The van der Waals surface area contributed by atoms with E-state index in [-0.39, 0.29) is 18.2 Å². The molecule has 0 saturated heterocycles. The fourth-order valence-electron chi connectivity index (χ4n) is 0.998. The van der Waals surface area contributed by atoms with Gasteiger partial charge in [-0.15, -0.1) is 12.4 Å². The van der Waals surface area contributed by atoms with Crippen molar-refractivity contribution in [3.63, 3.8) is 0 Å². The summed E-state index contributed by atoms with van der Waals surface area (Å²) in [5.74, 6) is -0.332. The van der Waals surface area contributed by atoms with Gasteiger partial charge in [0, 0.05) is 0 Å². The van der Waals surface area contributed by atoms with Crippen molar-refractivity contribution < 1.29 is 9.50 Å². The van der Waals surface area contributed by atoms with Gasteiger partial charge in [-0.3, -0.25) is 0 Å². The van der Waals surface area contributed by atoms with E-state index in [0.29, 0.717) is 10.0 Å². The molecule has 0 amide bonds.